The summed E-state index contributed by atoms with van der Waals surface area (Å²) >= 11 is 0. The average Bonchev–Trinajstić information content (AvgIpc) is 3.68. The van der Waals surface area contributed by atoms with Crippen molar-refractivity contribution < 1.29 is 23.8 Å². The van der Waals surface area contributed by atoms with Crippen molar-refractivity contribution in [2.24, 2.45) is 23.2 Å². The van der Waals surface area contributed by atoms with E-state index >= 15 is 0 Å². The van der Waals surface area contributed by atoms with Crippen LogP contribution in [0.1, 0.15) is 60.3 Å². The molecule has 7 atom stereocenters. The van der Waals surface area contributed by atoms with Gasteiger partial charge in [-0.1, -0.05) is 32.4 Å². The second-order valence-corrected chi connectivity index (χ2v) is 11.9. The number of allylic oxidation sites excluding steroid dienone is 2. The first-order valence-electron chi connectivity index (χ1n) is 13.1. The molecular formula is C27H47N3O5. The van der Waals surface area contributed by atoms with Crippen molar-refractivity contribution in [1.29, 1.82) is 0 Å². The Hall–Kier alpha value is -1.64. The van der Waals surface area contributed by atoms with Crippen molar-refractivity contribution in [3.05, 3.63) is 11.6 Å². The van der Waals surface area contributed by atoms with Crippen LogP contribution in [-0.4, -0.2) is 81.7 Å². The van der Waals surface area contributed by atoms with Gasteiger partial charge in [0.1, 0.15) is 18.2 Å². The number of likely N-dealkylation sites (N-methyl/N-ethyl adjacent to an activating group) is 1. The van der Waals surface area contributed by atoms with E-state index in [4.69, 9.17) is 14.2 Å². The monoisotopic (exact) mass is 493 g/mol. The molecule has 3 rings (SSSR count). The van der Waals surface area contributed by atoms with E-state index in [1.54, 1.807) is 7.11 Å². The van der Waals surface area contributed by atoms with Crippen molar-refractivity contribution >= 4 is 12.0 Å². The van der Waals surface area contributed by atoms with E-state index in [0.29, 0.717) is 18.9 Å². The number of nitrogens with one attached hydrogen (secondary N) is 2. The number of rotatable bonds is 11. The van der Waals surface area contributed by atoms with E-state index in [9.17, 15) is 9.59 Å². The fourth-order valence-corrected chi connectivity index (χ4v) is 5.96. The van der Waals surface area contributed by atoms with Gasteiger partial charge in [0.15, 0.2) is 0 Å². The second-order valence-electron chi connectivity index (χ2n) is 11.9. The van der Waals surface area contributed by atoms with Gasteiger partial charge < -0.3 is 29.7 Å². The largest absolute Gasteiger partial charge is 0.443 e. The van der Waals surface area contributed by atoms with Crippen LogP contribution < -0.4 is 10.6 Å². The third-order valence-electron chi connectivity index (χ3n) is 8.22. The Morgan fingerprint density at radius 2 is 1.94 bits per heavy atom. The van der Waals surface area contributed by atoms with Crippen molar-refractivity contribution in [2.45, 2.75) is 84.2 Å². The molecule has 0 bridgehead atoms. The molecule has 1 heterocycles. The van der Waals surface area contributed by atoms with Gasteiger partial charge in [0.25, 0.3) is 0 Å². The molecule has 2 saturated carbocycles. The minimum atomic E-state index is -0.655. The van der Waals surface area contributed by atoms with Gasteiger partial charge in [-0.3, -0.25) is 4.79 Å². The molecule has 3 fully saturated rings. The first-order valence-corrected chi connectivity index (χ1v) is 13.1. The van der Waals surface area contributed by atoms with Crippen LogP contribution in [0, 0.1) is 23.2 Å². The van der Waals surface area contributed by atoms with Crippen LogP contribution in [0.3, 0.4) is 0 Å². The lowest BCUT2D eigenvalue weighted by atomic mass is 9.67. The first kappa shape index (κ1) is 27.9. The molecule has 200 valence electrons. The summed E-state index contributed by atoms with van der Waals surface area (Å²) in [6.07, 6.45) is 4.90. The molecule has 8 heteroatoms. The van der Waals surface area contributed by atoms with E-state index in [-0.39, 0.29) is 41.0 Å². The van der Waals surface area contributed by atoms with Crippen LogP contribution in [0.15, 0.2) is 11.6 Å². The molecule has 1 saturated heterocycles. The van der Waals surface area contributed by atoms with Crippen LogP contribution >= 0.6 is 0 Å². The van der Waals surface area contributed by atoms with Gasteiger partial charge in [-0.2, -0.15) is 0 Å². The Kier molecular flexibility index (Phi) is 8.92. The van der Waals surface area contributed by atoms with Crippen LogP contribution in [0.5, 0.6) is 0 Å². The topological polar surface area (TPSA) is 92.4 Å². The standard InChI is InChI=1S/C27H47N3O5/c1-17(2)9-10-19-15-26(19,5)23-22(33-8)20(11-12-27(23)16-34-27)35-25(32)29-21(18(3)4)24(31)28-13-14-30(6)7/h9,18-23H,10-16H2,1-8H3,(H,28,31)(H,29,32)/t19-,20+,21+,22+,23+,26-,27-/m0/s1. The smallest absolute Gasteiger partial charge is 0.408 e. The van der Waals surface area contributed by atoms with Gasteiger partial charge in [0, 0.05) is 26.1 Å². The lowest BCUT2D eigenvalue weighted by Gasteiger charge is -2.44. The fraction of sp³-hybridized carbons (Fsp3) is 0.852. The van der Waals surface area contributed by atoms with Crippen molar-refractivity contribution in [3.8, 4) is 0 Å². The summed E-state index contributed by atoms with van der Waals surface area (Å²) in [7, 11) is 5.61. The Labute approximate surface area is 211 Å². The number of methoxy groups -OCH3 is 1. The number of carbonyl (C=O) groups excluding carboxylic acids is 2. The lowest BCUT2D eigenvalue weighted by Crippen LogP contribution is -2.55. The Morgan fingerprint density at radius 3 is 2.49 bits per heavy atom. The first-order chi connectivity index (χ1) is 16.4. The molecular weight excluding hydrogens is 446 g/mol. The number of hydrogen-bond donors (Lipinski definition) is 2. The summed E-state index contributed by atoms with van der Waals surface area (Å²) in [5, 5.41) is 5.72. The lowest BCUT2D eigenvalue weighted by molar-refractivity contribution is -0.126. The van der Waals surface area contributed by atoms with Crippen molar-refractivity contribution in [2.75, 3.05) is 40.9 Å². The van der Waals surface area contributed by atoms with E-state index in [0.717, 1.165) is 32.4 Å². The summed E-state index contributed by atoms with van der Waals surface area (Å²) in [6.45, 7) is 12.5. The third kappa shape index (κ3) is 6.57. The summed E-state index contributed by atoms with van der Waals surface area (Å²) in [5.74, 6) is 0.507. The molecule has 0 unspecified atom stereocenters. The Bertz CT molecular complexity index is 790. The highest BCUT2D eigenvalue weighted by molar-refractivity contribution is 5.85. The predicted octanol–water partition coefficient (Wildman–Crippen LogP) is 3.36. The maximum Gasteiger partial charge on any atom is 0.408 e. The van der Waals surface area contributed by atoms with Crippen LogP contribution in [0.4, 0.5) is 4.79 Å². The van der Waals surface area contributed by atoms with E-state index in [1.807, 2.05) is 32.8 Å². The molecule has 2 aliphatic carbocycles. The number of ether oxygens (including phenoxy) is 3. The molecule has 2 amide bonds. The molecule has 0 radical (unpaired) electrons. The highest BCUT2D eigenvalue weighted by atomic mass is 16.6. The van der Waals surface area contributed by atoms with Gasteiger partial charge in [0.2, 0.25) is 5.91 Å². The SMILES string of the molecule is CO[C@@H]1[C@H](OC(=O)N[C@@H](C(=O)NCCN(C)C)C(C)C)CC[C@]2(CO2)[C@H]1[C@@]1(C)C[C@@H]1CC=C(C)C. The Balaban J connectivity index is 1.64. The molecule has 0 aromatic rings. The molecule has 1 aliphatic heterocycles. The van der Waals surface area contributed by atoms with Crippen LogP contribution in [0.25, 0.3) is 0 Å². The summed E-state index contributed by atoms with van der Waals surface area (Å²) < 4.78 is 18.0. The number of hydrogen-bond acceptors (Lipinski definition) is 6. The van der Waals surface area contributed by atoms with E-state index in [2.05, 4.69) is 37.5 Å². The van der Waals surface area contributed by atoms with E-state index < -0.39 is 12.1 Å². The molecule has 2 N–H and O–H groups in total. The van der Waals surface area contributed by atoms with Gasteiger partial charge in [-0.15, -0.1) is 0 Å². The highest BCUT2D eigenvalue weighted by Crippen LogP contribution is 2.68. The highest BCUT2D eigenvalue weighted by Gasteiger charge is 2.70. The molecule has 1 spiro atoms. The maximum absolute atomic E-state index is 12.9. The summed E-state index contributed by atoms with van der Waals surface area (Å²) in [4.78, 5) is 27.6. The molecule has 0 aromatic heterocycles. The van der Waals surface area contributed by atoms with Gasteiger partial charge in [-0.25, -0.2) is 4.79 Å². The van der Waals surface area contributed by atoms with Gasteiger partial charge in [0.05, 0.1) is 12.2 Å². The number of epoxide rings is 1. The summed E-state index contributed by atoms with van der Waals surface area (Å²) in [6, 6.07) is -0.655. The van der Waals surface area contributed by atoms with E-state index in [1.165, 1.54) is 5.57 Å². The Morgan fingerprint density at radius 1 is 1.26 bits per heavy atom. The van der Waals surface area contributed by atoms with Crippen LogP contribution in [-0.2, 0) is 19.0 Å². The van der Waals surface area contributed by atoms with Crippen LogP contribution in [0.2, 0.25) is 0 Å². The zero-order valence-corrected chi connectivity index (χ0v) is 23.0. The summed E-state index contributed by atoms with van der Waals surface area (Å²) in [5.41, 5.74) is 1.29. The number of carbonyl (C=O) groups is 2. The van der Waals surface area contributed by atoms with Crippen molar-refractivity contribution in [3.63, 3.8) is 0 Å². The minimum Gasteiger partial charge on any atom is -0.443 e. The van der Waals surface area contributed by atoms with Crippen molar-refractivity contribution in [1.82, 2.24) is 15.5 Å². The molecule has 3 aliphatic rings. The third-order valence-corrected chi connectivity index (χ3v) is 8.22. The molecule has 0 aromatic carbocycles. The zero-order chi connectivity index (χ0) is 26.0. The number of amides is 2. The molecule has 8 nitrogen and oxygen atoms in total. The normalized spacial score (nSPS) is 34.5. The van der Waals surface area contributed by atoms with Gasteiger partial charge >= 0.3 is 6.09 Å². The number of alkyl carbamates (subject to hydrolysis) is 1. The maximum atomic E-state index is 12.9. The second kappa shape index (κ2) is 11.2. The average molecular weight is 494 g/mol. The number of nitrogens with zero attached hydrogens (tertiary/aromatic N) is 1. The fourth-order valence-electron chi connectivity index (χ4n) is 5.96. The molecule has 35 heavy (non-hydrogen) atoms. The minimum absolute atomic E-state index is 0.0661. The zero-order valence-electron chi connectivity index (χ0n) is 23.0. The predicted molar refractivity (Wildman–Crippen MR) is 136 cm³/mol. The van der Waals surface area contributed by atoms with Gasteiger partial charge in [-0.05, 0) is 70.9 Å². The quantitative estimate of drug-likeness (QED) is 0.339.